The Morgan fingerprint density at radius 3 is 2.34 bits per heavy atom. The van der Waals surface area contributed by atoms with E-state index in [1.807, 2.05) is 30.5 Å². The monoisotopic (exact) mass is 494 g/mol. The number of fused-ring (bicyclic) bond motifs is 5. The molecular weight excluding hydrogens is 464 g/mol. The second kappa shape index (κ2) is 9.93. The van der Waals surface area contributed by atoms with Gasteiger partial charge in [0.25, 0.3) is 0 Å². The lowest BCUT2D eigenvalue weighted by molar-refractivity contribution is -0.143. The maximum Gasteiger partial charge on any atom is 0.407 e. The van der Waals surface area contributed by atoms with Crippen molar-refractivity contribution in [2.24, 2.45) is 5.92 Å². The Hall–Kier alpha value is -3.00. The van der Waals surface area contributed by atoms with Crippen molar-refractivity contribution < 1.29 is 24.2 Å². The van der Waals surface area contributed by atoms with Gasteiger partial charge < -0.3 is 20.1 Å². The molecule has 0 aromatic heterocycles. The van der Waals surface area contributed by atoms with Crippen molar-refractivity contribution in [1.82, 2.24) is 10.2 Å². The van der Waals surface area contributed by atoms with Gasteiger partial charge in [0.2, 0.25) is 5.91 Å². The number of alkyl carbamates (subject to hydrolysis) is 1. The molecule has 1 aliphatic carbocycles. The predicted molar refractivity (Wildman–Crippen MR) is 134 cm³/mol. The van der Waals surface area contributed by atoms with Gasteiger partial charge in [-0.25, -0.2) is 4.79 Å². The van der Waals surface area contributed by atoms with Crippen LogP contribution in [0.4, 0.5) is 4.79 Å². The number of carbonyl (C=O) groups is 3. The van der Waals surface area contributed by atoms with E-state index in [1.54, 1.807) is 16.7 Å². The van der Waals surface area contributed by atoms with Crippen LogP contribution in [0.25, 0.3) is 11.1 Å². The van der Waals surface area contributed by atoms with E-state index in [2.05, 4.69) is 29.6 Å². The molecule has 2 heterocycles. The Bertz CT molecular complexity index is 1090. The van der Waals surface area contributed by atoms with Gasteiger partial charge in [0.15, 0.2) is 0 Å². The quantitative estimate of drug-likeness (QED) is 0.573. The molecule has 5 rings (SSSR count). The molecule has 184 valence electrons. The summed E-state index contributed by atoms with van der Waals surface area (Å²) in [6.07, 6.45) is 3.82. The van der Waals surface area contributed by atoms with Gasteiger partial charge in [-0.3, -0.25) is 9.59 Å². The van der Waals surface area contributed by atoms with E-state index in [-0.39, 0.29) is 30.5 Å². The van der Waals surface area contributed by atoms with Crippen LogP contribution in [0.5, 0.6) is 0 Å². The fourth-order valence-electron chi connectivity index (χ4n) is 6.05. The molecule has 8 heteroatoms. The molecule has 2 aromatic carbocycles. The average molecular weight is 495 g/mol. The lowest BCUT2D eigenvalue weighted by atomic mass is 9.89. The normalized spacial score (nSPS) is 23.0. The second-order valence-corrected chi connectivity index (χ2v) is 10.5. The Morgan fingerprint density at radius 2 is 1.74 bits per heavy atom. The van der Waals surface area contributed by atoms with E-state index in [0.29, 0.717) is 25.0 Å². The van der Waals surface area contributed by atoms with Gasteiger partial charge in [-0.15, -0.1) is 0 Å². The number of aliphatic carboxylic acids is 1. The number of hydrogen-bond acceptors (Lipinski definition) is 5. The van der Waals surface area contributed by atoms with Crippen LogP contribution in [-0.4, -0.2) is 64.7 Å². The molecule has 4 atom stereocenters. The number of nitrogens with zero attached hydrogens (tertiary/aromatic N) is 1. The van der Waals surface area contributed by atoms with Crippen molar-refractivity contribution >= 4 is 29.7 Å². The Labute approximate surface area is 209 Å². The molecule has 3 aliphatic rings. The first-order valence-corrected chi connectivity index (χ1v) is 13.5. The van der Waals surface area contributed by atoms with Crippen LogP contribution in [0.1, 0.15) is 42.7 Å². The largest absolute Gasteiger partial charge is 0.481 e. The molecule has 7 nitrogen and oxygen atoms in total. The highest BCUT2D eigenvalue weighted by Gasteiger charge is 2.52. The number of thioether (sulfide) groups is 1. The minimum Gasteiger partial charge on any atom is -0.481 e. The summed E-state index contributed by atoms with van der Waals surface area (Å²) in [6.45, 7) is 0.180. The molecule has 0 spiro atoms. The van der Waals surface area contributed by atoms with Crippen molar-refractivity contribution in [1.29, 1.82) is 0 Å². The molecule has 2 saturated heterocycles. The minimum absolute atomic E-state index is 0.0562. The fraction of sp³-hybridized carbons (Fsp3) is 0.444. The third-order valence-corrected chi connectivity index (χ3v) is 8.30. The zero-order chi connectivity index (χ0) is 24.5. The third-order valence-electron chi connectivity index (χ3n) is 7.65. The van der Waals surface area contributed by atoms with E-state index in [0.717, 1.165) is 28.7 Å². The molecule has 0 radical (unpaired) electrons. The van der Waals surface area contributed by atoms with Crippen molar-refractivity contribution in [3.05, 3.63) is 59.7 Å². The highest BCUT2D eigenvalue weighted by atomic mass is 32.2. The number of amides is 2. The number of carboxylic acids is 1. The first kappa shape index (κ1) is 23.7. The van der Waals surface area contributed by atoms with Crippen LogP contribution in [0.3, 0.4) is 0 Å². The number of hydrogen-bond donors (Lipinski definition) is 2. The Morgan fingerprint density at radius 1 is 1.09 bits per heavy atom. The maximum absolute atomic E-state index is 13.5. The SMILES string of the molecule is CSCCC(NC(=O)OCC1c2ccccc2-c2ccccc21)C(=O)N1[C@@H]2CC[C@H]1[C@@H](C(=O)O)C2. The zero-order valence-corrected chi connectivity index (χ0v) is 20.5. The van der Waals surface area contributed by atoms with E-state index >= 15 is 0 Å². The van der Waals surface area contributed by atoms with E-state index in [9.17, 15) is 19.5 Å². The summed E-state index contributed by atoms with van der Waals surface area (Å²) in [5.41, 5.74) is 4.57. The van der Waals surface area contributed by atoms with Crippen LogP contribution >= 0.6 is 11.8 Å². The molecule has 2 fully saturated rings. The molecule has 2 aliphatic heterocycles. The standard InChI is InChI=1S/C27H30N2O5S/c1-35-13-12-23(25(30)29-16-10-11-24(29)21(14-16)26(31)32)28-27(33)34-15-22-19-8-4-2-6-17(19)18-7-3-5-9-20(18)22/h2-9,16,21-24H,10-15H2,1H3,(H,28,33)(H,31,32)/t16-,21+,23?,24+/m1/s1. The fourth-order valence-corrected chi connectivity index (χ4v) is 6.52. The highest BCUT2D eigenvalue weighted by molar-refractivity contribution is 7.98. The van der Waals surface area contributed by atoms with Crippen molar-refractivity contribution in [2.75, 3.05) is 18.6 Å². The smallest absolute Gasteiger partial charge is 0.407 e. The summed E-state index contributed by atoms with van der Waals surface area (Å²) in [5.74, 6) is -0.914. The van der Waals surface area contributed by atoms with E-state index in [4.69, 9.17) is 4.74 Å². The predicted octanol–water partition coefficient (Wildman–Crippen LogP) is 4.11. The molecular formula is C27H30N2O5S. The summed E-state index contributed by atoms with van der Waals surface area (Å²) < 4.78 is 5.67. The van der Waals surface area contributed by atoms with E-state index in [1.165, 1.54) is 0 Å². The van der Waals surface area contributed by atoms with Crippen molar-refractivity contribution in [3.63, 3.8) is 0 Å². The van der Waals surface area contributed by atoms with Gasteiger partial charge in [0.05, 0.1) is 5.92 Å². The summed E-state index contributed by atoms with van der Waals surface area (Å²) in [6, 6.07) is 15.2. The molecule has 1 unspecified atom stereocenters. The van der Waals surface area contributed by atoms with Gasteiger partial charge in [0.1, 0.15) is 12.6 Å². The summed E-state index contributed by atoms with van der Waals surface area (Å²) >= 11 is 1.60. The Balaban J connectivity index is 1.26. The first-order valence-electron chi connectivity index (χ1n) is 12.1. The molecule has 2 N–H and O–H groups in total. The van der Waals surface area contributed by atoms with Crippen LogP contribution in [-0.2, 0) is 14.3 Å². The second-order valence-electron chi connectivity index (χ2n) is 9.53. The number of ether oxygens (including phenoxy) is 1. The van der Waals surface area contributed by atoms with Crippen LogP contribution in [0.15, 0.2) is 48.5 Å². The highest BCUT2D eigenvalue weighted by Crippen LogP contribution is 2.45. The number of rotatable bonds is 8. The minimum atomic E-state index is -0.847. The van der Waals surface area contributed by atoms with Gasteiger partial charge in [-0.2, -0.15) is 11.8 Å². The maximum atomic E-state index is 13.5. The van der Waals surface area contributed by atoms with Crippen LogP contribution < -0.4 is 5.32 Å². The van der Waals surface area contributed by atoms with Gasteiger partial charge in [0, 0.05) is 18.0 Å². The van der Waals surface area contributed by atoms with Crippen molar-refractivity contribution in [3.8, 4) is 11.1 Å². The van der Waals surface area contributed by atoms with Gasteiger partial charge in [-0.05, 0) is 59.9 Å². The number of carbonyl (C=O) groups excluding carboxylic acids is 2. The van der Waals surface area contributed by atoms with E-state index < -0.39 is 24.0 Å². The average Bonchev–Trinajstić information content (AvgIpc) is 3.54. The Kier molecular flexibility index (Phi) is 6.73. The van der Waals surface area contributed by atoms with Gasteiger partial charge in [-0.1, -0.05) is 48.5 Å². The summed E-state index contributed by atoms with van der Waals surface area (Å²) in [7, 11) is 0. The third kappa shape index (κ3) is 4.40. The summed E-state index contributed by atoms with van der Waals surface area (Å²) in [4.78, 5) is 39.7. The molecule has 35 heavy (non-hydrogen) atoms. The van der Waals surface area contributed by atoms with Crippen LogP contribution in [0.2, 0.25) is 0 Å². The number of nitrogens with one attached hydrogen (secondary N) is 1. The lowest BCUT2D eigenvalue weighted by Gasteiger charge is -2.28. The molecule has 2 amide bonds. The number of benzene rings is 2. The molecule has 2 bridgehead atoms. The zero-order valence-electron chi connectivity index (χ0n) is 19.7. The van der Waals surface area contributed by atoms with Gasteiger partial charge >= 0.3 is 12.1 Å². The number of carboxylic acid groups (broad SMARTS) is 1. The molecule has 0 saturated carbocycles. The van der Waals surface area contributed by atoms with Crippen LogP contribution in [0, 0.1) is 5.92 Å². The van der Waals surface area contributed by atoms with Crippen molar-refractivity contribution in [2.45, 2.75) is 49.7 Å². The lowest BCUT2D eigenvalue weighted by Crippen LogP contribution is -2.51. The first-order chi connectivity index (χ1) is 17.0. The summed E-state index contributed by atoms with van der Waals surface area (Å²) in [5, 5.41) is 12.3. The molecule has 2 aromatic rings. The topological polar surface area (TPSA) is 95.9 Å².